The highest BCUT2D eigenvalue weighted by molar-refractivity contribution is 7.27. The zero-order valence-corrected chi connectivity index (χ0v) is 23.0. The van der Waals surface area contributed by atoms with E-state index in [1.54, 1.807) is 19.2 Å². The van der Waals surface area contributed by atoms with Crippen molar-refractivity contribution < 1.29 is 14.3 Å². The van der Waals surface area contributed by atoms with Gasteiger partial charge in [0.05, 0.1) is 25.9 Å². The molecular weight excluding hydrogens is 533 g/mol. The highest BCUT2D eigenvalue weighted by atomic mass is 32.1. The van der Waals surface area contributed by atoms with Crippen LogP contribution in [0.1, 0.15) is 22.1 Å². The Hall–Kier alpha value is -4.21. The van der Waals surface area contributed by atoms with E-state index in [-0.39, 0.29) is 30.6 Å². The van der Waals surface area contributed by atoms with Gasteiger partial charge in [0.15, 0.2) is 11.6 Å². The van der Waals surface area contributed by atoms with Crippen LogP contribution in [0.15, 0.2) is 72.9 Å². The summed E-state index contributed by atoms with van der Waals surface area (Å²) in [4.78, 5) is 26.8. The molecule has 0 bridgehead atoms. The molecule has 0 aliphatic carbocycles. The smallest absolute Gasteiger partial charge is 0.230 e. The van der Waals surface area contributed by atoms with E-state index in [9.17, 15) is 9.59 Å². The maximum atomic E-state index is 12.5. The number of methoxy groups -OCH3 is 1. The number of ether oxygens (including phenoxy) is 1. The van der Waals surface area contributed by atoms with E-state index in [1.807, 2.05) is 65.7 Å². The first-order valence-corrected chi connectivity index (χ1v) is 13.5. The van der Waals surface area contributed by atoms with Crippen LogP contribution in [0.25, 0.3) is 0 Å². The van der Waals surface area contributed by atoms with Crippen molar-refractivity contribution in [3.8, 4) is 5.75 Å². The fraction of sp³-hybridized carbons (Fsp3) is 0.185. The van der Waals surface area contributed by atoms with Crippen LogP contribution in [-0.2, 0) is 22.4 Å². The van der Waals surface area contributed by atoms with Crippen molar-refractivity contribution in [2.45, 2.75) is 18.8 Å². The lowest BCUT2D eigenvalue weighted by Crippen LogP contribution is -2.19. The van der Waals surface area contributed by atoms with E-state index in [0.717, 1.165) is 21.4 Å². The fourth-order valence-electron chi connectivity index (χ4n) is 4.04. The van der Waals surface area contributed by atoms with Gasteiger partial charge in [-0.25, -0.2) is 0 Å². The molecule has 2 unspecified atom stereocenters. The molecule has 2 amide bonds. The Balaban J connectivity index is 1.13. The topological polar surface area (TPSA) is 122 Å². The molecule has 39 heavy (non-hydrogen) atoms. The number of benzene rings is 2. The first-order valence-electron chi connectivity index (χ1n) is 12.1. The summed E-state index contributed by atoms with van der Waals surface area (Å²) < 4.78 is 5.20. The summed E-state index contributed by atoms with van der Waals surface area (Å²) >= 11 is 1.35. The summed E-state index contributed by atoms with van der Waals surface area (Å²) in [5, 5.41) is 24.7. The number of rotatable bonds is 9. The molecule has 2 atom stereocenters. The number of nitrogens with zero attached hydrogens (tertiary/aromatic N) is 5. The largest absolute Gasteiger partial charge is 0.497 e. The minimum Gasteiger partial charge on any atom is -0.497 e. The first kappa shape index (κ1) is 26.4. The average Bonchev–Trinajstić information content (AvgIpc) is 3.61. The Morgan fingerprint density at radius 2 is 1.85 bits per heavy atom. The van der Waals surface area contributed by atoms with E-state index in [4.69, 9.17) is 4.74 Å². The summed E-state index contributed by atoms with van der Waals surface area (Å²) in [6, 6.07) is 18.6. The van der Waals surface area contributed by atoms with Crippen molar-refractivity contribution in [2.24, 2.45) is 0 Å². The van der Waals surface area contributed by atoms with E-state index in [1.165, 1.54) is 11.3 Å². The second-order valence-electron chi connectivity index (χ2n) is 8.82. The van der Waals surface area contributed by atoms with Gasteiger partial charge >= 0.3 is 0 Å². The molecule has 12 heteroatoms. The highest BCUT2D eigenvalue weighted by Crippen LogP contribution is 2.31. The molecule has 0 radical (unpaired) electrons. The molecule has 0 spiro atoms. The normalized spacial score (nSPS) is 14.3. The van der Waals surface area contributed by atoms with Crippen LogP contribution in [0.4, 0.5) is 16.8 Å². The Labute approximate surface area is 231 Å². The highest BCUT2D eigenvalue weighted by Gasteiger charge is 2.24. The van der Waals surface area contributed by atoms with Gasteiger partial charge in [-0.05, 0) is 40.7 Å². The summed E-state index contributed by atoms with van der Waals surface area (Å²) in [6.45, 7) is 0.610. The number of carbonyl (C=O) groups excluding carboxylic acids is 2. The molecular formula is C27H26N7O3PS. The van der Waals surface area contributed by atoms with Crippen molar-refractivity contribution >= 4 is 54.5 Å². The van der Waals surface area contributed by atoms with Crippen LogP contribution in [0.5, 0.6) is 5.75 Å². The van der Waals surface area contributed by atoms with Crippen molar-refractivity contribution in [1.82, 2.24) is 20.4 Å². The number of aromatic nitrogens is 4. The molecule has 10 nitrogen and oxygen atoms in total. The Morgan fingerprint density at radius 3 is 2.64 bits per heavy atom. The number of hydrogen-bond donors (Lipinski definition) is 2. The predicted octanol–water partition coefficient (Wildman–Crippen LogP) is 3.32. The molecule has 1 aliphatic rings. The van der Waals surface area contributed by atoms with Gasteiger partial charge in [-0.15, -0.1) is 29.6 Å². The van der Waals surface area contributed by atoms with Crippen molar-refractivity contribution in [1.29, 1.82) is 0 Å². The zero-order chi connectivity index (χ0) is 27.2. The first-order chi connectivity index (χ1) is 19.0. The van der Waals surface area contributed by atoms with Crippen molar-refractivity contribution in [2.75, 3.05) is 29.2 Å². The van der Waals surface area contributed by atoms with Gasteiger partial charge in [-0.1, -0.05) is 53.8 Å². The monoisotopic (exact) mass is 559 g/mol. The lowest BCUT2D eigenvalue weighted by atomic mass is 10.1. The minimum absolute atomic E-state index is 0.00460. The number of nitrogens with one attached hydrogen (secondary N) is 2. The third-order valence-corrected chi connectivity index (χ3v) is 7.55. The molecule has 2 aromatic heterocycles. The number of amides is 2. The van der Waals surface area contributed by atoms with Crippen LogP contribution < -0.4 is 25.6 Å². The van der Waals surface area contributed by atoms with Gasteiger partial charge in [0.25, 0.3) is 0 Å². The van der Waals surface area contributed by atoms with Gasteiger partial charge in [0, 0.05) is 12.7 Å². The third-order valence-electron chi connectivity index (χ3n) is 6.01. The van der Waals surface area contributed by atoms with Crippen molar-refractivity contribution in [3.05, 3.63) is 89.1 Å². The van der Waals surface area contributed by atoms with Crippen LogP contribution in [0, 0.1) is 0 Å². The number of hydrogen-bond acceptors (Lipinski definition) is 9. The molecule has 4 aromatic rings. The van der Waals surface area contributed by atoms with Crippen LogP contribution >= 0.6 is 20.6 Å². The predicted molar refractivity (Wildman–Crippen MR) is 155 cm³/mol. The second kappa shape index (κ2) is 12.1. The molecule has 3 heterocycles. The summed E-state index contributed by atoms with van der Waals surface area (Å²) in [5.74, 6) is 1.40. The molecule has 0 fully saturated rings. The maximum absolute atomic E-state index is 12.5. The van der Waals surface area contributed by atoms with E-state index >= 15 is 0 Å². The van der Waals surface area contributed by atoms with Gasteiger partial charge < -0.3 is 20.3 Å². The standard InChI is InChI=1S/C27H26N7O3PS/c1-37-20-7-4-5-17(13-20)14-24(35)28-22-9-10-23(31-30-22)34-12-11-19(16-34)26-32-33-27(39-26)29-25(36)15-18-6-2-3-8-21(18)38/h2-13,19H,14-16,38H2,1H3,(H,28,30,35)(H,29,33,36). The Morgan fingerprint density at radius 1 is 1.00 bits per heavy atom. The van der Waals surface area contributed by atoms with Crippen LogP contribution in [0.2, 0.25) is 0 Å². The molecule has 5 rings (SSSR count). The second-order valence-corrected chi connectivity index (χ2v) is 10.5. The average molecular weight is 560 g/mol. The fourth-order valence-corrected chi connectivity index (χ4v) is 5.18. The van der Waals surface area contributed by atoms with Gasteiger partial charge in [0.1, 0.15) is 10.8 Å². The molecule has 2 N–H and O–H groups in total. The third kappa shape index (κ3) is 6.81. The van der Waals surface area contributed by atoms with Crippen LogP contribution in [-0.4, -0.2) is 45.9 Å². The Bertz CT molecular complexity index is 1510. The summed E-state index contributed by atoms with van der Waals surface area (Å²) in [7, 11) is 4.23. The number of carbonyl (C=O) groups is 2. The van der Waals surface area contributed by atoms with Gasteiger partial charge in [-0.2, -0.15) is 0 Å². The summed E-state index contributed by atoms with van der Waals surface area (Å²) in [5.41, 5.74) is 1.79. The molecule has 1 aliphatic heterocycles. The SMILES string of the molecule is COc1cccc(CC(=O)Nc2ccc(N3C=CC(c4nnc(NC(=O)Cc5ccccc5P)s4)C3)nn2)c1. The van der Waals surface area contributed by atoms with Gasteiger partial charge in [0.2, 0.25) is 16.9 Å². The summed E-state index contributed by atoms with van der Waals surface area (Å²) in [6.07, 6.45) is 4.40. The lowest BCUT2D eigenvalue weighted by molar-refractivity contribution is -0.116. The molecule has 0 saturated carbocycles. The van der Waals surface area contributed by atoms with E-state index in [2.05, 4.69) is 40.3 Å². The maximum Gasteiger partial charge on any atom is 0.230 e. The van der Waals surface area contributed by atoms with E-state index < -0.39 is 0 Å². The van der Waals surface area contributed by atoms with Crippen molar-refractivity contribution in [3.63, 3.8) is 0 Å². The van der Waals surface area contributed by atoms with E-state index in [0.29, 0.717) is 29.1 Å². The molecule has 0 saturated heterocycles. The molecule has 2 aromatic carbocycles. The molecule has 198 valence electrons. The van der Waals surface area contributed by atoms with Gasteiger partial charge in [-0.3, -0.25) is 9.59 Å². The lowest BCUT2D eigenvalue weighted by Gasteiger charge is -2.15. The zero-order valence-electron chi connectivity index (χ0n) is 21.1. The van der Waals surface area contributed by atoms with Crippen LogP contribution in [0.3, 0.4) is 0 Å². The quantitative estimate of drug-likeness (QED) is 0.300. The minimum atomic E-state index is -0.191. The number of anilines is 3. The Kier molecular flexibility index (Phi) is 8.19.